The average molecular weight is 218 g/mol. The van der Waals surface area contributed by atoms with Crippen molar-refractivity contribution in [2.75, 3.05) is 13.7 Å². The molecule has 0 bridgehead atoms. The molecule has 0 aliphatic rings. The summed E-state index contributed by atoms with van der Waals surface area (Å²) in [7, 11) is 1.64. The monoisotopic (exact) mass is 218 g/mol. The molecular formula is C13H14O3. The van der Waals surface area contributed by atoms with Crippen LogP contribution >= 0.6 is 0 Å². The number of rotatable bonds is 5. The van der Waals surface area contributed by atoms with E-state index in [4.69, 9.17) is 9.15 Å². The molecule has 0 aliphatic carbocycles. The van der Waals surface area contributed by atoms with Gasteiger partial charge in [0.2, 0.25) is 0 Å². The summed E-state index contributed by atoms with van der Waals surface area (Å²) in [6, 6.07) is 7.57. The minimum Gasteiger partial charge on any atom is -0.464 e. The van der Waals surface area contributed by atoms with Crippen LogP contribution in [-0.4, -0.2) is 19.5 Å². The zero-order chi connectivity index (χ0) is 11.4. The van der Waals surface area contributed by atoms with Gasteiger partial charge in [-0.15, -0.1) is 0 Å². The first-order valence-electron chi connectivity index (χ1n) is 5.31. The highest BCUT2D eigenvalue weighted by Crippen LogP contribution is 2.22. The van der Waals surface area contributed by atoms with E-state index in [0.717, 1.165) is 17.4 Å². The van der Waals surface area contributed by atoms with Crippen molar-refractivity contribution >= 4 is 16.8 Å². The summed E-state index contributed by atoms with van der Waals surface area (Å²) in [5.41, 5.74) is 1.43. The van der Waals surface area contributed by atoms with E-state index in [9.17, 15) is 4.79 Å². The van der Waals surface area contributed by atoms with Crippen molar-refractivity contribution in [2.24, 2.45) is 0 Å². The molecule has 3 heteroatoms. The van der Waals surface area contributed by atoms with Gasteiger partial charge in [-0.25, -0.2) is 0 Å². The van der Waals surface area contributed by atoms with Crippen LogP contribution in [0.3, 0.4) is 0 Å². The van der Waals surface area contributed by atoms with E-state index < -0.39 is 0 Å². The Morgan fingerprint density at radius 2 is 2.19 bits per heavy atom. The lowest BCUT2D eigenvalue weighted by Crippen LogP contribution is -2.00. The third-order valence-corrected chi connectivity index (χ3v) is 2.53. The van der Waals surface area contributed by atoms with Crippen LogP contribution in [0.25, 0.3) is 11.0 Å². The van der Waals surface area contributed by atoms with Crippen LogP contribution in [0.2, 0.25) is 0 Å². The van der Waals surface area contributed by atoms with E-state index in [-0.39, 0.29) is 5.78 Å². The summed E-state index contributed by atoms with van der Waals surface area (Å²) in [5.74, 6) is 0.113. The van der Waals surface area contributed by atoms with E-state index in [0.29, 0.717) is 18.6 Å². The fraction of sp³-hybridized carbons (Fsp3) is 0.308. The standard InChI is InChI=1S/C13H14O3/c1-15-8-4-6-12(14)11-9-16-13-7-3-2-5-10(11)13/h2-3,5,7,9H,4,6,8H2,1H3. The van der Waals surface area contributed by atoms with E-state index in [1.807, 2.05) is 24.3 Å². The number of para-hydroxylation sites is 1. The molecule has 3 nitrogen and oxygen atoms in total. The molecule has 0 unspecified atom stereocenters. The van der Waals surface area contributed by atoms with Gasteiger partial charge in [-0.3, -0.25) is 4.79 Å². The predicted molar refractivity (Wildman–Crippen MR) is 61.7 cm³/mol. The van der Waals surface area contributed by atoms with E-state index in [1.54, 1.807) is 13.4 Å². The summed E-state index contributed by atoms with van der Waals surface area (Å²) in [6.07, 6.45) is 2.78. The van der Waals surface area contributed by atoms with Crippen molar-refractivity contribution in [1.82, 2.24) is 0 Å². The van der Waals surface area contributed by atoms with Gasteiger partial charge in [-0.05, 0) is 12.5 Å². The number of hydrogen-bond donors (Lipinski definition) is 0. The first kappa shape index (κ1) is 10.9. The van der Waals surface area contributed by atoms with Crippen LogP contribution in [0.5, 0.6) is 0 Å². The molecule has 2 rings (SSSR count). The zero-order valence-electron chi connectivity index (χ0n) is 9.23. The van der Waals surface area contributed by atoms with E-state index in [2.05, 4.69) is 0 Å². The fourth-order valence-corrected chi connectivity index (χ4v) is 1.71. The molecule has 0 saturated carbocycles. The van der Waals surface area contributed by atoms with Crippen molar-refractivity contribution in [3.63, 3.8) is 0 Å². The summed E-state index contributed by atoms with van der Waals surface area (Å²) in [5, 5.41) is 0.893. The molecule has 0 fully saturated rings. The van der Waals surface area contributed by atoms with Gasteiger partial charge in [0.25, 0.3) is 0 Å². The minimum atomic E-state index is 0.113. The van der Waals surface area contributed by atoms with Gasteiger partial charge >= 0.3 is 0 Å². The molecule has 84 valence electrons. The molecule has 0 N–H and O–H groups in total. The largest absolute Gasteiger partial charge is 0.464 e. The van der Waals surface area contributed by atoms with Crippen molar-refractivity contribution in [3.8, 4) is 0 Å². The van der Waals surface area contributed by atoms with Crippen molar-refractivity contribution in [2.45, 2.75) is 12.8 Å². The second kappa shape index (κ2) is 4.94. The Bertz CT molecular complexity index is 485. The molecule has 16 heavy (non-hydrogen) atoms. The molecule has 0 spiro atoms. The average Bonchev–Trinajstić information content (AvgIpc) is 2.73. The van der Waals surface area contributed by atoms with Crippen LogP contribution in [-0.2, 0) is 4.74 Å². The number of furan rings is 1. The molecule has 1 aromatic carbocycles. The number of carbonyl (C=O) groups excluding carboxylic acids is 1. The Kier molecular flexibility index (Phi) is 3.37. The number of carbonyl (C=O) groups is 1. The molecular weight excluding hydrogens is 204 g/mol. The highest BCUT2D eigenvalue weighted by Gasteiger charge is 2.12. The Balaban J connectivity index is 2.17. The molecule has 0 aliphatic heterocycles. The third kappa shape index (κ3) is 2.14. The van der Waals surface area contributed by atoms with Gasteiger partial charge in [0.15, 0.2) is 5.78 Å². The molecule has 0 radical (unpaired) electrons. The van der Waals surface area contributed by atoms with Gasteiger partial charge in [0, 0.05) is 25.5 Å². The number of methoxy groups -OCH3 is 1. The summed E-state index contributed by atoms with van der Waals surface area (Å²) >= 11 is 0. The van der Waals surface area contributed by atoms with Gasteiger partial charge in [-0.1, -0.05) is 18.2 Å². The van der Waals surface area contributed by atoms with Gasteiger partial charge in [-0.2, -0.15) is 0 Å². The van der Waals surface area contributed by atoms with Crippen LogP contribution < -0.4 is 0 Å². The maximum Gasteiger partial charge on any atom is 0.166 e. The first-order valence-corrected chi connectivity index (χ1v) is 5.31. The van der Waals surface area contributed by atoms with Crippen molar-refractivity contribution < 1.29 is 13.9 Å². The van der Waals surface area contributed by atoms with Crippen LogP contribution in [0, 0.1) is 0 Å². The quantitative estimate of drug-likeness (QED) is 0.572. The summed E-state index contributed by atoms with van der Waals surface area (Å²) in [6.45, 7) is 0.613. The van der Waals surface area contributed by atoms with Gasteiger partial charge < -0.3 is 9.15 Å². The number of fused-ring (bicyclic) bond motifs is 1. The van der Waals surface area contributed by atoms with E-state index >= 15 is 0 Å². The van der Waals surface area contributed by atoms with Crippen molar-refractivity contribution in [1.29, 1.82) is 0 Å². The lowest BCUT2D eigenvalue weighted by molar-refractivity contribution is 0.0964. The van der Waals surface area contributed by atoms with Gasteiger partial charge in [0.05, 0.1) is 5.56 Å². The SMILES string of the molecule is COCCCC(=O)c1coc2ccccc12. The fourth-order valence-electron chi connectivity index (χ4n) is 1.71. The lowest BCUT2D eigenvalue weighted by Gasteiger charge is -1.98. The smallest absolute Gasteiger partial charge is 0.166 e. The summed E-state index contributed by atoms with van der Waals surface area (Å²) < 4.78 is 10.2. The number of hydrogen-bond acceptors (Lipinski definition) is 3. The Morgan fingerprint density at radius 3 is 3.00 bits per heavy atom. The van der Waals surface area contributed by atoms with Crippen LogP contribution in [0.1, 0.15) is 23.2 Å². The second-order valence-electron chi connectivity index (χ2n) is 3.67. The third-order valence-electron chi connectivity index (χ3n) is 2.53. The zero-order valence-corrected chi connectivity index (χ0v) is 9.23. The maximum absolute atomic E-state index is 11.9. The maximum atomic E-state index is 11.9. The molecule has 1 heterocycles. The first-order chi connectivity index (χ1) is 7.83. The van der Waals surface area contributed by atoms with Crippen LogP contribution in [0.15, 0.2) is 34.9 Å². The topological polar surface area (TPSA) is 39.4 Å². The second-order valence-corrected chi connectivity index (χ2v) is 3.67. The number of ketones is 1. The van der Waals surface area contributed by atoms with Gasteiger partial charge in [0.1, 0.15) is 11.8 Å². The van der Waals surface area contributed by atoms with E-state index in [1.165, 1.54) is 0 Å². The minimum absolute atomic E-state index is 0.113. The number of benzene rings is 1. The highest BCUT2D eigenvalue weighted by atomic mass is 16.5. The molecule has 2 aromatic rings. The molecule has 0 saturated heterocycles. The Labute approximate surface area is 94.0 Å². The number of Topliss-reactive ketones (excluding diaryl/α,β-unsaturated/α-hetero) is 1. The molecule has 1 aromatic heterocycles. The Hall–Kier alpha value is -1.61. The van der Waals surface area contributed by atoms with Crippen molar-refractivity contribution in [3.05, 3.63) is 36.1 Å². The normalized spacial score (nSPS) is 10.8. The lowest BCUT2D eigenvalue weighted by atomic mass is 10.1. The molecule has 0 amide bonds. The summed E-state index contributed by atoms with van der Waals surface area (Å²) in [4.78, 5) is 11.9. The van der Waals surface area contributed by atoms with Crippen LogP contribution in [0.4, 0.5) is 0 Å². The Morgan fingerprint density at radius 1 is 1.38 bits per heavy atom. The highest BCUT2D eigenvalue weighted by molar-refractivity contribution is 6.06. The molecule has 0 atom stereocenters. The predicted octanol–water partition coefficient (Wildman–Crippen LogP) is 3.04. The number of ether oxygens (including phenoxy) is 1.